The minimum absolute atomic E-state index is 0.0193. The number of hydrogen-bond donors (Lipinski definition) is 1. The molecule has 0 rings (SSSR count). The van der Waals surface area contributed by atoms with E-state index in [4.69, 9.17) is 10.3 Å². The van der Waals surface area contributed by atoms with E-state index >= 15 is 0 Å². The van der Waals surface area contributed by atoms with Crippen LogP contribution in [0.5, 0.6) is 0 Å². The Labute approximate surface area is 82.7 Å². The molecule has 0 fully saturated rings. The van der Waals surface area contributed by atoms with Crippen molar-refractivity contribution in [3.63, 3.8) is 0 Å². The zero-order valence-electron chi connectivity index (χ0n) is 9.68. The summed E-state index contributed by atoms with van der Waals surface area (Å²) < 4.78 is 5.88. The van der Waals surface area contributed by atoms with Gasteiger partial charge in [0.05, 0.1) is 12.7 Å². The van der Waals surface area contributed by atoms with Crippen molar-refractivity contribution in [1.82, 2.24) is 0 Å². The molecule has 3 nitrogen and oxygen atoms in total. The third-order valence-corrected chi connectivity index (χ3v) is 7.22. The monoisotopic (exact) mass is 205 g/mol. The van der Waals surface area contributed by atoms with E-state index in [-0.39, 0.29) is 11.1 Å². The molecule has 0 amide bonds. The highest BCUT2D eigenvalue weighted by molar-refractivity contribution is 6.74. The molecule has 0 spiro atoms. The molecule has 0 aromatic heterocycles. The molecule has 0 bridgehead atoms. The highest BCUT2D eigenvalue weighted by Crippen LogP contribution is 2.36. The first-order valence-electron chi connectivity index (χ1n) is 4.70. The molecule has 80 valence electrons. The molecule has 0 radical (unpaired) electrons. The molecule has 0 aromatic carbocycles. The second-order valence-corrected chi connectivity index (χ2v) is 9.83. The maximum absolute atomic E-state index is 5.88. The van der Waals surface area contributed by atoms with Gasteiger partial charge in [-0.2, -0.15) is 0 Å². The average molecular weight is 205 g/mol. The second-order valence-electron chi connectivity index (χ2n) is 5.02. The highest BCUT2D eigenvalue weighted by Gasteiger charge is 2.37. The Morgan fingerprint density at radius 2 is 1.77 bits per heavy atom. The number of nitrogens with two attached hydrogens (primary N) is 1. The van der Waals surface area contributed by atoms with Gasteiger partial charge in [-0.3, -0.25) is 4.84 Å². The first-order valence-corrected chi connectivity index (χ1v) is 7.61. The van der Waals surface area contributed by atoms with Crippen LogP contribution in [0, 0.1) is 0 Å². The maximum atomic E-state index is 5.88. The van der Waals surface area contributed by atoms with Gasteiger partial charge in [-0.15, -0.1) is 0 Å². The predicted molar refractivity (Wildman–Crippen MR) is 57.9 cm³/mol. The summed E-state index contributed by atoms with van der Waals surface area (Å²) in [5, 5.41) is 0.251. The largest absolute Gasteiger partial charge is 0.414 e. The van der Waals surface area contributed by atoms with Crippen LogP contribution in [0.25, 0.3) is 0 Å². The summed E-state index contributed by atoms with van der Waals surface area (Å²) >= 11 is 0. The van der Waals surface area contributed by atoms with Gasteiger partial charge in [0.25, 0.3) is 0 Å². The topological polar surface area (TPSA) is 44.5 Å². The van der Waals surface area contributed by atoms with Crippen LogP contribution in [0.4, 0.5) is 0 Å². The lowest BCUT2D eigenvalue weighted by Crippen LogP contribution is -2.42. The standard InChI is InChI=1S/C9H23NO2Si/c1-8(12-10)7-11-13(5,6)9(2,3)4/h8H,7,10H2,1-6H3/t8-/m0/s1. The molecule has 0 saturated carbocycles. The van der Waals surface area contributed by atoms with Gasteiger partial charge in [-0.05, 0) is 25.1 Å². The van der Waals surface area contributed by atoms with Gasteiger partial charge in [-0.25, -0.2) is 5.90 Å². The first kappa shape index (κ1) is 13.1. The number of rotatable bonds is 4. The van der Waals surface area contributed by atoms with Gasteiger partial charge in [-0.1, -0.05) is 20.8 Å². The Balaban J connectivity index is 4.04. The zero-order chi connectivity index (χ0) is 10.7. The average Bonchev–Trinajstić information content (AvgIpc) is 1.98. The molecule has 0 unspecified atom stereocenters. The Hall–Kier alpha value is 0.0969. The maximum Gasteiger partial charge on any atom is 0.192 e. The third kappa shape index (κ3) is 4.22. The van der Waals surface area contributed by atoms with Crippen LogP contribution in [-0.4, -0.2) is 21.0 Å². The van der Waals surface area contributed by atoms with Crippen LogP contribution in [0.2, 0.25) is 18.1 Å². The third-order valence-electron chi connectivity index (χ3n) is 2.72. The van der Waals surface area contributed by atoms with Gasteiger partial charge in [0.2, 0.25) is 0 Å². The van der Waals surface area contributed by atoms with Crippen molar-refractivity contribution in [3.8, 4) is 0 Å². The molecule has 4 heteroatoms. The minimum atomic E-state index is -1.62. The molecule has 1 atom stereocenters. The van der Waals surface area contributed by atoms with Crippen molar-refractivity contribution in [3.05, 3.63) is 0 Å². The first-order chi connectivity index (χ1) is 5.70. The summed E-state index contributed by atoms with van der Waals surface area (Å²) in [6.45, 7) is 13.6. The minimum Gasteiger partial charge on any atom is -0.414 e. The predicted octanol–water partition coefficient (Wildman–Crippen LogP) is 2.29. The zero-order valence-corrected chi connectivity index (χ0v) is 10.7. The summed E-state index contributed by atoms with van der Waals surface area (Å²) in [4.78, 5) is 4.66. The summed E-state index contributed by atoms with van der Waals surface area (Å²) in [5.74, 6) is 5.05. The number of hydrogen-bond acceptors (Lipinski definition) is 3. The Bertz CT molecular complexity index is 154. The van der Waals surface area contributed by atoms with Crippen LogP contribution >= 0.6 is 0 Å². The lowest BCUT2D eigenvalue weighted by atomic mass is 10.2. The summed E-state index contributed by atoms with van der Waals surface area (Å²) in [6.07, 6.45) is -0.0193. The van der Waals surface area contributed by atoms with Gasteiger partial charge >= 0.3 is 0 Å². The lowest BCUT2D eigenvalue weighted by molar-refractivity contribution is 0.0280. The quantitative estimate of drug-likeness (QED) is 0.566. The Morgan fingerprint density at radius 3 is 2.08 bits per heavy atom. The fourth-order valence-corrected chi connectivity index (χ4v) is 1.67. The smallest absolute Gasteiger partial charge is 0.192 e. The van der Waals surface area contributed by atoms with E-state index in [9.17, 15) is 0 Å². The van der Waals surface area contributed by atoms with Gasteiger partial charge in [0, 0.05) is 0 Å². The molecule has 0 aromatic rings. The molecule has 0 aliphatic rings. The van der Waals surface area contributed by atoms with E-state index in [1.165, 1.54) is 0 Å². The Kier molecular flexibility index (Phi) is 4.58. The molecule has 13 heavy (non-hydrogen) atoms. The summed E-state index contributed by atoms with van der Waals surface area (Å²) in [5.41, 5.74) is 0. The van der Waals surface area contributed by atoms with Crippen LogP contribution in [0.1, 0.15) is 27.7 Å². The second kappa shape index (κ2) is 4.55. The van der Waals surface area contributed by atoms with E-state index in [1.54, 1.807) is 0 Å². The molecule has 0 aliphatic heterocycles. The van der Waals surface area contributed by atoms with E-state index in [0.29, 0.717) is 6.61 Å². The van der Waals surface area contributed by atoms with Crippen molar-refractivity contribution in [2.24, 2.45) is 5.90 Å². The molecule has 2 N–H and O–H groups in total. The Morgan fingerprint density at radius 1 is 1.31 bits per heavy atom. The highest BCUT2D eigenvalue weighted by atomic mass is 28.4. The van der Waals surface area contributed by atoms with Crippen molar-refractivity contribution >= 4 is 8.32 Å². The molecule has 0 aliphatic carbocycles. The lowest BCUT2D eigenvalue weighted by Gasteiger charge is -2.36. The molecule has 0 saturated heterocycles. The van der Waals surface area contributed by atoms with E-state index in [0.717, 1.165) is 0 Å². The van der Waals surface area contributed by atoms with Crippen LogP contribution in [0.3, 0.4) is 0 Å². The van der Waals surface area contributed by atoms with Gasteiger partial charge in [0.1, 0.15) is 0 Å². The van der Waals surface area contributed by atoms with Crippen molar-refractivity contribution in [1.29, 1.82) is 0 Å². The van der Waals surface area contributed by atoms with Crippen LogP contribution < -0.4 is 5.90 Å². The summed E-state index contributed by atoms with van der Waals surface area (Å²) in [6, 6.07) is 0. The van der Waals surface area contributed by atoms with Crippen molar-refractivity contribution < 1.29 is 9.26 Å². The fraction of sp³-hybridized carbons (Fsp3) is 1.00. The van der Waals surface area contributed by atoms with E-state index < -0.39 is 8.32 Å². The van der Waals surface area contributed by atoms with Gasteiger partial charge in [0.15, 0.2) is 8.32 Å². The molecular formula is C9H23NO2Si. The summed E-state index contributed by atoms with van der Waals surface area (Å²) in [7, 11) is -1.62. The van der Waals surface area contributed by atoms with Crippen molar-refractivity contribution in [2.45, 2.75) is 51.9 Å². The molecule has 0 heterocycles. The van der Waals surface area contributed by atoms with Gasteiger partial charge < -0.3 is 4.43 Å². The fourth-order valence-electron chi connectivity index (χ4n) is 0.581. The van der Waals surface area contributed by atoms with Crippen LogP contribution in [0.15, 0.2) is 0 Å². The van der Waals surface area contributed by atoms with Crippen LogP contribution in [-0.2, 0) is 9.26 Å². The molecular weight excluding hydrogens is 182 g/mol. The SMILES string of the molecule is C[C@@H](CO[Si](C)(C)C(C)(C)C)ON. The van der Waals surface area contributed by atoms with Crippen molar-refractivity contribution in [2.75, 3.05) is 6.61 Å². The normalized spacial score (nSPS) is 15.9. The van der Waals surface area contributed by atoms with E-state index in [1.807, 2.05) is 6.92 Å². The van der Waals surface area contributed by atoms with E-state index in [2.05, 4.69) is 38.7 Å².